The molecular formula is C31H28Br2N2O4. The first-order valence-corrected chi connectivity index (χ1v) is 13.9. The van der Waals surface area contributed by atoms with E-state index >= 15 is 0 Å². The first-order chi connectivity index (χ1) is 18.7. The number of hydrogen-bond acceptors (Lipinski definition) is 4. The fourth-order valence-electron chi connectivity index (χ4n) is 3.77. The van der Waals surface area contributed by atoms with Crippen LogP contribution >= 0.6 is 31.9 Å². The Morgan fingerprint density at radius 3 is 1.36 bits per heavy atom. The minimum absolute atomic E-state index is 0.0814. The number of halogens is 2. The highest BCUT2D eigenvalue weighted by atomic mass is 79.9. The maximum atomic E-state index is 12.3. The summed E-state index contributed by atoms with van der Waals surface area (Å²) in [5.41, 5.74) is 5.81. The molecule has 0 bridgehead atoms. The van der Waals surface area contributed by atoms with Crippen molar-refractivity contribution in [3.63, 3.8) is 0 Å². The third kappa shape index (κ3) is 8.70. The molecular weight excluding hydrogens is 624 g/mol. The van der Waals surface area contributed by atoms with Crippen LogP contribution in [0.25, 0.3) is 0 Å². The fraction of sp³-hybridized carbons (Fsp3) is 0.161. The van der Waals surface area contributed by atoms with Gasteiger partial charge >= 0.3 is 0 Å². The van der Waals surface area contributed by atoms with Crippen LogP contribution in [-0.2, 0) is 16.0 Å². The molecule has 0 fully saturated rings. The molecule has 0 saturated heterocycles. The second-order valence-electron chi connectivity index (χ2n) is 9.11. The highest BCUT2D eigenvalue weighted by molar-refractivity contribution is 9.10. The summed E-state index contributed by atoms with van der Waals surface area (Å²) < 4.78 is 12.9. The Hall–Kier alpha value is -3.62. The highest BCUT2D eigenvalue weighted by Crippen LogP contribution is 2.26. The standard InChI is InChI=1S/C31H28Br2N2O4/c1-20-3-13-28(26(32)15-20)38-18-30(36)34-24-9-5-22(6-10-24)17-23-7-11-25(12-8-23)35-31(37)19-39-29-14-4-21(2)16-27(29)33/h3-16H,17-19H2,1-2H3,(H,34,36)(H,35,37). The summed E-state index contributed by atoms with van der Waals surface area (Å²) in [6.07, 6.45) is 0.720. The number of anilines is 2. The molecule has 0 saturated carbocycles. The summed E-state index contributed by atoms with van der Waals surface area (Å²) >= 11 is 6.90. The van der Waals surface area contributed by atoms with Crippen LogP contribution in [0.3, 0.4) is 0 Å². The maximum absolute atomic E-state index is 12.3. The number of carbonyl (C=O) groups is 2. The van der Waals surface area contributed by atoms with Crippen LogP contribution in [0.5, 0.6) is 11.5 Å². The molecule has 0 aliphatic carbocycles. The van der Waals surface area contributed by atoms with Gasteiger partial charge in [0, 0.05) is 11.4 Å². The average Bonchev–Trinajstić information content (AvgIpc) is 2.90. The van der Waals surface area contributed by atoms with Gasteiger partial charge in [-0.05, 0) is 123 Å². The largest absolute Gasteiger partial charge is 0.483 e. The van der Waals surface area contributed by atoms with Crippen molar-refractivity contribution in [3.05, 3.63) is 116 Å². The lowest BCUT2D eigenvalue weighted by Crippen LogP contribution is -2.20. The van der Waals surface area contributed by atoms with Crippen molar-refractivity contribution >= 4 is 55.0 Å². The Morgan fingerprint density at radius 1 is 0.615 bits per heavy atom. The van der Waals surface area contributed by atoms with Crippen molar-refractivity contribution in [1.29, 1.82) is 0 Å². The van der Waals surface area contributed by atoms with Crippen LogP contribution in [0.1, 0.15) is 22.3 Å². The van der Waals surface area contributed by atoms with E-state index in [1.165, 1.54) is 0 Å². The van der Waals surface area contributed by atoms with Gasteiger partial charge in [0.2, 0.25) is 0 Å². The highest BCUT2D eigenvalue weighted by Gasteiger charge is 2.09. The lowest BCUT2D eigenvalue weighted by molar-refractivity contribution is -0.118. The van der Waals surface area contributed by atoms with Crippen molar-refractivity contribution in [1.82, 2.24) is 0 Å². The molecule has 0 aliphatic heterocycles. The van der Waals surface area contributed by atoms with Crippen molar-refractivity contribution in [2.75, 3.05) is 23.8 Å². The SMILES string of the molecule is Cc1ccc(OCC(=O)Nc2ccc(Cc3ccc(NC(=O)COc4ccc(C)cc4Br)cc3)cc2)c(Br)c1. The quantitative estimate of drug-likeness (QED) is 0.187. The second-order valence-corrected chi connectivity index (χ2v) is 10.8. The van der Waals surface area contributed by atoms with E-state index in [2.05, 4.69) is 42.5 Å². The fourth-order valence-corrected chi connectivity index (χ4v) is 4.99. The predicted molar refractivity (Wildman–Crippen MR) is 162 cm³/mol. The van der Waals surface area contributed by atoms with Crippen molar-refractivity contribution in [2.24, 2.45) is 0 Å². The van der Waals surface area contributed by atoms with Gasteiger partial charge in [0.1, 0.15) is 11.5 Å². The van der Waals surface area contributed by atoms with Gasteiger partial charge in [0.15, 0.2) is 13.2 Å². The first-order valence-electron chi connectivity index (χ1n) is 12.3. The molecule has 0 aliphatic rings. The van der Waals surface area contributed by atoms with Crippen molar-refractivity contribution in [3.8, 4) is 11.5 Å². The van der Waals surface area contributed by atoms with Gasteiger partial charge in [0.05, 0.1) is 8.95 Å². The van der Waals surface area contributed by atoms with Gasteiger partial charge in [-0.1, -0.05) is 36.4 Å². The summed E-state index contributed by atoms with van der Waals surface area (Å²) in [7, 11) is 0. The molecule has 39 heavy (non-hydrogen) atoms. The number of aryl methyl sites for hydroxylation is 2. The third-order valence-electron chi connectivity index (χ3n) is 5.78. The topological polar surface area (TPSA) is 76.7 Å². The summed E-state index contributed by atoms with van der Waals surface area (Å²) in [6.45, 7) is 3.82. The van der Waals surface area contributed by atoms with Gasteiger partial charge in [-0.15, -0.1) is 0 Å². The summed E-state index contributed by atoms with van der Waals surface area (Å²) in [5, 5.41) is 5.71. The van der Waals surface area contributed by atoms with Crippen LogP contribution in [0, 0.1) is 13.8 Å². The first kappa shape index (κ1) is 28.4. The van der Waals surface area contributed by atoms with E-state index in [9.17, 15) is 9.59 Å². The molecule has 0 heterocycles. The van der Waals surface area contributed by atoms with Crippen LogP contribution in [0.2, 0.25) is 0 Å². The smallest absolute Gasteiger partial charge is 0.262 e. The zero-order chi connectivity index (χ0) is 27.8. The normalized spacial score (nSPS) is 10.6. The van der Waals surface area contributed by atoms with Gasteiger partial charge in [-0.25, -0.2) is 0 Å². The molecule has 4 rings (SSSR count). The van der Waals surface area contributed by atoms with Crippen LogP contribution in [-0.4, -0.2) is 25.0 Å². The maximum Gasteiger partial charge on any atom is 0.262 e. The zero-order valence-electron chi connectivity index (χ0n) is 21.6. The van der Waals surface area contributed by atoms with Crippen molar-refractivity contribution < 1.29 is 19.1 Å². The monoisotopic (exact) mass is 650 g/mol. The summed E-state index contributed by atoms with van der Waals surface area (Å²) in [6, 6.07) is 26.8. The van der Waals surface area contributed by atoms with E-state index in [1.807, 2.05) is 98.8 Å². The lowest BCUT2D eigenvalue weighted by atomic mass is 10.0. The number of ether oxygens (including phenoxy) is 2. The van der Waals surface area contributed by atoms with Gasteiger partial charge in [-0.3, -0.25) is 9.59 Å². The van der Waals surface area contributed by atoms with E-state index in [1.54, 1.807) is 0 Å². The van der Waals surface area contributed by atoms with Crippen LogP contribution in [0.15, 0.2) is 93.9 Å². The summed E-state index contributed by atoms with van der Waals surface area (Å²) in [5.74, 6) is 0.788. The van der Waals surface area contributed by atoms with Gasteiger partial charge in [-0.2, -0.15) is 0 Å². The molecule has 4 aromatic rings. The molecule has 2 amide bonds. The number of amides is 2. The number of rotatable bonds is 10. The molecule has 0 spiro atoms. The molecule has 8 heteroatoms. The van der Waals surface area contributed by atoms with E-state index in [0.29, 0.717) is 22.9 Å². The third-order valence-corrected chi connectivity index (χ3v) is 7.02. The van der Waals surface area contributed by atoms with E-state index < -0.39 is 0 Å². The second kappa shape index (κ2) is 13.4. The Labute approximate surface area is 245 Å². The predicted octanol–water partition coefficient (Wildman–Crippen LogP) is 7.45. The number of benzene rings is 4. The zero-order valence-corrected chi connectivity index (χ0v) is 24.8. The van der Waals surface area contributed by atoms with E-state index in [0.717, 1.165) is 37.6 Å². The Balaban J connectivity index is 1.22. The number of nitrogens with one attached hydrogen (secondary N) is 2. The Kier molecular flexibility index (Phi) is 9.79. The molecule has 0 atom stereocenters. The van der Waals surface area contributed by atoms with Crippen molar-refractivity contribution in [2.45, 2.75) is 20.3 Å². The van der Waals surface area contributed by atoms with Gasteiger partial charge < -0.3 is 20.1 Å². The van der Waals surface area contributed by atoms with E-state index in [-0.39, 0.29) is 25.0 Å². The summed E-state index contributed by atoms with van der Waals surface area (Å²) in [4.78, 5) is 24.6. The van der Waals surface area contributed by atoms with Crippen LogP contribution < -0.4 is 20.1 Å². The minimum atomic E-state index is -0.232. The molecule has 0 aromatic heterocycles. The van der Waals surface area contributed by atoms with Gasteiger partial charge in [0.25, 0.3) is 11.8 Å². The molecule has 0 unspecified atom stereocenters. The Bertz CT molecular complexity index is 1340. The lowest BCUT2D eigenvalue weighted by Gasteiger charge is -2.11. The number of hydrogen-bond donors (Lipinski definition) is 2. The minimum Gasteiger partial charge on any atom is -0.483 e. The van der Waals surface area contributed by atoms with E-state index in [4.69, 9.17) is 9.47 Å². The molecule has 6 nitrogen and oxygen atoms in total. The molecule has 4 aromatic carbocycles. The van der Waals surface area contributed by atoms with Crippen LogP contribution in [0.4, 0.5) is 11.4 Å². The number of carbonyl (C=O) groups excluding carboxylic acids is 2. The molecule has 0 radical (unpaired) electrons. The average molecular weight is 652 g/mol. The Morgan fingerprint density at radius 2 is 1.00 bits per heavy atom. The molecule has 200 valence electrons. The molecule has 2 N–H and O–H groups in total.